The van der Waals surface area contributed by atoms with E-state index in [1.807, 2.05) is 48.7 Å². The Morgan fingerprint density at radius 3 is 2.61 bits per heavy atom. The lowest BCUT2D eigenvalue weighted by Crippen LogP contribution is -1.88. The van der Waals surface area contributed by atoms with Gasteiger partial charge in [-0.2, -0.15) is 0 Å². The molecular weight excluding hydrogens is 332 g/mol. The molecular formula is C14H12BrClOS. The summed E-state index contributed by atoms with van der Waals surface area (Å²) in [7, 11) is 0. The summed E-state index contributed by atoms with van der Waals surface area (Å²) in [6.07, 6.45) is 2.03. The molecule has 0 spiro atoms. The van der Waals surface area contributed by atoms with Crippen LogP contribution >= 0.6 is 39.3 Å². The minimum atomic E-state index is 0.628. The Labute approximate surface area is 125 Å². The summed E-state index contributed by atoms with van der Waals surface area (Å²) >= 11 is 11.3. The second-order valence-corrected chi connectivity index (χ2v) is 5.47. The summed E-state index contributed by atoms with van der Waals surface area (Å²) in [6.45, 7) is 0. The zero-order chi connectivity index (χ0) is 13.0. The SMILES string of the molecule is CSc1ccccc1Oc1ccc(CBr)cc1Cl. The smallest absolute Gasteiger partial charge is 0.146 e. The lowest BCUT2D eigenvalue weighted by molar-refractivity contribution is 0.471. The van der Waals surface area contributed by atoms with Crippen LogP contribution in [-0.4, -0.2) is 6.26 Å². The lowest BCUT2D eigenvalue weighted by atomic mass is 10.2. The van der Waals surface area contributed by atoms with Gasteiger partial charge in [-0.05, 0) is 36.1 Å². The number of thioether (sulfide) groups is 1. The molecule has 2 aromatic rings. The number of rotatable bonds is 4. The highest BCUT2D eigenvalue weighted by Gasteiger charge is 2.07. The molecule has 0 amide bonds. The molecule has 0 aliphatic carbocycles. The van der Waals surface area contributed by atoms with Crippen molar-refractivity contribution in [3.63, 3.8) is 0 Å². The van der Waals surface area contributed by atoms with Crippen LogP contribution in [0.15, 0.2) is 47.4 Å². The molecule has 94 valence electrons. The van der Waals surface area contributed by atoms with E-state index < -0.39 is 0 Å². The Balaban J connectivity index is 2.28. The molecule has 0 radical (unpaired) electrons. The van der Waals surface area contributed by atoms with Crippen molar-refractivity contribution in [3.05, 3.63) is 53.1 Å². The van der Waals surface area contributed by atoms with Gasteiger partial charge in [-0.25, -0.2) is 0 Å². The molecule has 0 unspecified atom stereocenters. The molecule has 18 heavy (non-hydrogen) atoms. The first-order valence-electron chi connectivity index (χ1n) is 5.40. The predicted octanol–water partition coefficient (Wildman–Crippen LogP) is 5.75. The van der Waals surface area contributed by atoms with E-state index in [0.717, 1.165) is 21.5 Å². The van der Waals surface area contributed by atoms with Crippen LogP contribution in [0.3, 0.4) is 0 Å². The first kappa shape index (κ1) is 13.8. The summed E-state index contributed by atoms with van der Waals surface area (Å²) in [5.74, 6) is 1.52. The van der Waals surface area contributed by atoms with Gasteiger partial charge >= 0.3 is 0 Å². The highest BCUT2D eigenvalue weighted by molar-refractivity contribution is 9.08. The number of hydrogen-bond donors (Lipinski definition) is 0. The fourth-order valence-electron chi connectivity index (χ4n) is 1.53. The van der Waals surface area contributed by atoms with Crippen molar-refractivity contribution in [2.24, 2.45) is 0 Å². The van der Waals surface area contributed by atoms with Gasteiger partial charge in [-0.1, -0.05) is 45.7 Å². The normalized spacial score (nSPS) is 10.4. The highest BCUT2D eigenvalue weighted by Crippen LogP contribution is 2.35. The summed E-state index contributed by atoms with van der Waals surface area (Å²) in [5, 5.41) is 1.41. The van der Waals surface area contributed by atoms with E-state index in [1.54, 1.807) is 11.8 Å². The van der Waals surface area contributed by atoms with E-state index in [2.05, 4.69) is 15.9 Å². The summed E-state index contributed by atoms with van der Waals surface area (Å²) in [5.41, 5.74) is 1.13. The van der Waals surface area contributed by atoms with E-state index in [4.69, 9.17) is 16.3 Å². The van der Waals surface area contributed by atoms with E-state index >= 15 is 0 Å². The Bertz CT molecular complexity index is 545. The maximum atomic E-state index is 6.20. The molecule has 1 nitrogen and oxygen atoms in total. The number of alkyl halides is 1. The number of ether oxygens (including phenoxy) is 1. The first-order chi connectivity index (χ1) is 8.74. The predicted molar refractivity (Wildman–Crippen MR) is 82.4 cm³/mol. The number of benzene rings is 2. The van der Waals surface area contributed by atoms with Gasteiger partial charge in [-0.3, -0.25) is 0 Å². The van der Waals surface area contributed by atoms with Crippen molar-refractivity contribution >= 4 is 39.3 Å². The molecule has 0 saturated heterocycles. The minimum absolute atomic E-state index is 0.628. The zero-order valence-corrected chi connectivity index (χ0v) is 13.0. The average Bonchev–Trinajstić information content (AvgIpc) is 2.41. The molecule has 0 saturated carbocycles. The molecule has 0 aliphatic heterocycles. The van der Waals surface area contributed by atoms with Crippen molar-refractivity contribution in [3.8, 4) is 11.5 Å². The second kappa shape index (κ2) is 6.50. The fraction of sp³-hybridized carbons (Fsp3) is 0.143. The lowest BCUT2D eigenvalue weighted by Gasteiger charge is -2.11. The molecule has 0 fully saturated rings. The molecule has 2 aromatic carbocycles. The van der Waals surface area contributed by atoms with Crippen LogP contribution in [0.25, 0.3) is 0 Å². The van der Waals surface area contributed by atoms with Gasteiger partial charge in [0.25, 0.3) is 0 Å². The molecule has 0 aliphatic rings. The summed E-state index contributed by atoms with van der Waals surface area (Å²) in [4.78, 5) is 1.10. The van der Waals surface area contributed by atoms with Crippen molar-refractivity contribution in [1.82, 2.24) is 0 Å². The maximum absolute atomic E-state index is 6.20. The van der Waals surface area contributed by atoms with Crippen LogP contribution in [0.2, 0.25) is 5.02 Å². The zero-order valence-electron chi connectivity index (χ0n) is 9.82. The Hall–Kier alpha value is -0.640. The molecule has 0 N–H and O–H groups in total. The van der Waals surface area contributed by atoms with Crippen LogP contribution in [0, 0.1) is 0 Å². The third-order valence-corrected chi connectivity index (χ3v) is 4.16. The molecule has 2 rings (SSSR count). The Kier molecular flexibility index (Phi) is 4.98. The number of para-hydroxylation sites is 1. The van der Waals surface area contributed by atoms with Gasteiger partial charge in [-0.15, -0.1) is 11.8 Å². The monoisotopic (exact) mass is 342 g/mol. The Morgan fingerprint density at radius 2 is 1.94 bits per heavy atom. The maximum Gasteiger partial charge on any atom is 0.146 e. The van der Waals surface area contributed by atoms with Crippen LogP contribution in [0.5, 0.6) is 11.5 Å². The Morgan fingerprint density at radius 1 is 1.17 bits per heavy atom. The fourth-order valence-corrected chi connectivity index (χ4v) is 2.65. The van der Waals surface area contributed by atoms with Crippen molar-refractivity contribution in [2.45, 2.75) is 10.2 Å². The van der Waals surface area contributed by atoms with Gasteiger partial charge in [0.05, 0.1) is 5.02 Å². The highest BCUT2D eigenvalue weighted by atomic mass is 79.9. The van der Waals surface area contributed by atoms with Gasteiger partial charge in [0, 0.05) is 10.2 Å². The molecule has 0 bridgehead atoms. The third-order valence-electron chi connectivity index (χ3n) is 2.44. The average molecular weight is 344 g/mol. The van der Waals surface area contributed by atoms with Gasteiger partial charge in [0.1, 0.15) is 11.5 Å². The molecule has 0 heterocycles. The minimum Gasteiger partial charge on any atom is -0.455 e. The summed E-state index contributed by atoms with van der Waals surface area (Å²) in [6, 6.07) is 13.7. The largest absolute Gasteiger partial charge is 0.455 e. The van der Waals surface area contributed by atoms with E-state index in [9.17, 15) is 0 Å². The van der Waals surface area contributed by atoms with Crippen molar-refractivity contribution < 1.29 is 4.74 Å². The van der Waals surface area contributed by atoms with Crippen molar-refractivity contribution in [1.29, 1.82) is 0 Å². The number of halogens is 2. The van der Waals surface area contributed by atoms with Crippen LogP contribution in [0.1, 0.15) is 5.56 Å². The van der Waals surface area contributed by atoms with Crippen LogP contribution < -0.4 is 4.74 Å². The van der Waals surface area contributed by atoms with E-state index in [-0.39, 0.29) is 0 Å². The summed E-state index contributed by atoms with van der Waals surface area (Å²) < 4.78 is 5.86. The van der Waals surface area contributed by atoms with E-state index in [1.165, 1.54) is 0 Å². The van der Waals surface area contributed by atoms with Crippen LogP contribution in [-0.2, 0) is 5.33 Å². The van der Waals surface area contributed by atoms with Gasteiger partial charge < -0.3 is 4.74 Å². The van der Waals surface area contributed by atoms with E-state index in [0.29, 0.717) is 10.8 Å². The quantitative estimate of drug-likeness (QED) is 0.516. The molecule has 4 heteroatoms. The topological polar surface area (TPSA) is 9.23 Å². The number of hydrogen-bond acceptors (Lipinski definition) is 2. The second-order valence-electron chi connectivity index (χ2n) is 3.65. The van der Waals surface area contributed by atoms with Gasteiger partial charge in [0.15, 0.2) is 0 Å². The standard InChI is InChI=1S/C14H12BrClOS/c1-18-14-5-3-2-4-13(14)17-12-7-6-10(9-15)8-11(12)16/h2-8H,9H2,1H3. The van der Waals surface area contributed by atoms with Gasteiger partial charge in [0.2, 0.25) is 0 Å². The first-order valence-corrected chi connectivity index (χ1v) is 8.12. The third kappa shape index (κ3) is 3.22. The molecule has 0 atom stereocenters. The van der Waals surface area contributed by atoms with Crippen LogP contribution in [0.4, 0.5) is 0 Å². The van der Waals surface area contributed by atoms with Crippen molar-refractivity contribution in [2.75, 3.05) is 6.26 Å². The molecule has 0 aromatic heterocycles.